The van der Waals surface area contributed by atoms with Crippen LogP contribution in [0.1, 0.15) is 31.2 Å². The maximum Gasteiger partial charge on any atom is 0.475 e. The van der Waals surface area contributed by atoms with E-state index in [4.69, 9.17) is 4.42 Å². The first-order valence-corrected chi connectivity index (χ1v) is 8.80. The lowest BCUT2D eigenvalue weighted by Gasteiger charge is -2.28. The number of fused-ring (bicyclic) bond motifs is 1. The predicted octanol–water partition coefficient (Wildman–Crippen LogP) is 1.87. The van der Waals surface area contributed by atoms with Crippen molar-refractivity contribution in [2.75, 3.05) is 0 Å². The Labute approximate surface area is 154 Å². The van der Waals surface area contributed by atoms with E-state index in [1.54, 1.807) is 24.3 Å². The highest BCUT2D eigenvalue weighted by Gasteiger charge is 2.41. The molecule has 0 spiro atoms. The first-order chi connectivity index (χ1) is 12.8. The smallest absolute Gasteiger partial charge is 0.464 e. The lowest BCUT2D eigenvalue weighted by atomic mass is 9.75. The van der Waals surface area contributed by atoms with Crippen LogP contribution in [-0.2, 0) is 16.0 Å². The van der Waals surface area contributed by atoms with Crippen molar-refractivity contribution in [2.45, 2.75) is 44.0 Å². The van der Waals surface area contributed by atoms with E-state index >= 15 is 0 Å². The van der Waals surface area contributed by atoms with E-state index in [-0.39, 0.29) is 25.7 Å². The van der Waals surface area contributed by atoms with Gasteiger partial charge in [-0.05, 0) is 30.9 Å². The fourth-order valence-electron chi connectivity index (χ4n) is 3.48. The topological polar surface area (TPSA) is 99.8 Å². The standard InChI is InChI=1S/C18H20BF2NO5/c20-18(21)7-3-4-11(9-18)16(23)17(24)22-15(19(25)26)8-12-10-27-14-6-2-1-5-13(12)14/h1-2,5-6,10-11,15,25-26H,3-4,7-9H2,(H,22,24)/t11?,15-/m0/s1. The Hall–Kier alpha value is -2.26. The molecule has 3 rings (SSSR count). The summed E-state index contributed by atoms with van der Waals surface area (Å²) in [6.07, 6.45) is 0.899. The van der Waals surface area contributed by atoms with Gasteiger partial charge < -0.3 is 19.8 Å². The molecule has 1 aliphatic rings. The minimum absolute atomic E-state index is 0.00846. The Bertz CT molecular complexity index is 838. The number of carbonyl (C=O) groups is 2. The average molecular weight is 379 g/mol. The molecule has 1 saturated carbocycles. The van der Waals surface area contributed by atoms with Crippen LogP contribution < -0.4 is 5.32 Å². The minimum atomic E-state index is -2.95. The molecule has 27 heavy (non-hydrogen) atoms. The summed E-state index contributed by atoms with van der Waals surface area (Å²) in [6, 6.07) is 7.10. The van der Waals surface area contributed by atoms with E-state index in [0.717, 1.165) is 5.39 Å². The second-order valence-electron chi connectivity index (χ2n) is 6.97. The van der Waals surface area contributed by atoms with Gasteiger partial charge in [-0.15, -0.1) is 0 Å². The van der Waals surface area contributed by atoms with E-state index in [2.05, 4.69) is 5.32 Å². The van der Waals surface area contributed by atoms with Gasteiger partial charge in [-0.1, -0.05) is 18.2 Å². The molecule has 9 heteroatoms. The molecular weight excluding hydrogens is 359 g/mol. The van der Waals surface area contributed by atoms with E-state index in [9.17, 15) is 28.4 Å². The van der Waals surface area contributed by atoms with Crippen LogP contribution in [0.15, 0.2) is 34.9 Å². The molecule has 1 fully saturated rings. The highest BCUT2D eigenvalue weighted by Crippen LogP contribution is 2.37. The summed E-state index contributed by atoms with van der Waals surface area (Å²) >= 11 is 0. The van der Waals surface area contributed by atoms with Gasteiger partial charge in [0.15, 0.2) is 0 Å². The average Bonchev–Trinajstić information content (AvgIpc) is 3.02. The number of benzene rings is 1. The van der Waals surface area contributed by atoms with E-state index in [1.807, 2.05) is 0 Å². The monoisotopic (exact) mass is 379 g/mol. The van der Waals surface area contributed by atoms with Crippen molar-refractivity contribution in [3.05, 3.63) is 36.1 Å². The van der Waals surface area contributed by atoms with Crippen LogP contribution >= 0.6 is 0 Å². The summed E-state index contributed by atoms with van der Waals surface area (Å²) in [6.45, 7) is 0. The van der Waals surface area contributed by atoms with Crippen LogP contribution in [-0.4, -0.2) is 40.7 Å². The number of alkyl halides is 2. The van der Waals surface area contributed by atoms with Gasteiger partial charge in [0.2, 0.25) is 11.7 Å². The van der Waals surface area contributed by atoms with Gasteiger partial charge in [0.05, 0.1) is 12.2 Å². The van der Waals surface area contributed by atoms with Crippen molar-refractivity contribution in [2.24, 2.45) is 5.92 Å². The number of halogens is 2. The Morgan fingerprint density at radius 1 is 1.33 bits per heavy atom. The molecule has 0 bridgehead atoms. The second-order valence-corrected chi connectivity index (χ2v) is 6.97. The molecular formula is C18H20BF2NO5. The highest BCUT2D eigenvalue weighted by atomic mass is 19.3. The Balaban J connectivity index is 1.68. The number of hydrogen-bond donors (Lipinski definition) is 3. The normalized spacial score (nSPS) is 20.2. The Morgan fingerprint density at radius 3 is 2.78 bits per heavy atom. The molecule has 3 N–H and O–H groups in total. The van der Waals surface area contributed by atoms with Crippen LogP contribution in [0.3, 0.4) is 0 Å². The number of amides is 1. The predicted molar refractivity (Wildman–Crippen MR) is 94.0 cm³/mol. The number of nitrogens with one attached hydrogen (secondary N) is 1. The van der Waals surface area contributed by atoms with E-state index in [0.29, 0.717) is 11.1 Å². The van der Waals surface area contributed by atoms with Crippen LogP contribution in [0.5, 0.6) is 0 Å². The van der Waals surface area contributed by atoms with Gasteiger partial charge in [-0.2, -0.15) is 0 Å². The number of furan rings is 1. The van der Waals surface area contributed by atoms with Crippen molar-refractivity contribution in [1.82, 2.24) is 5.32 Å². The van der Waals surface area contributed by atoms with Gasteiger partial charge >= 0.3 is 7.12 Å². The molecule has 6 nitrogen and oxygen atoms in total. The van der Waals surface area contributed by atoms with Crippen molar-refractivity contribution in [1.29, 1.82) is 0 Å². The van der Waals surface area contributed by atoms with Crippen LogP contribution in [0.2, 0.25) is 0 Å². The lowest BCUT2D eigenvalue weighted by Crippen LogP contribution is -2.51. The first kappa shape index (κ1) is 19.5. The number of carbonyl (C=O) groups excluding carboxylic acids is 2. The van der Waals surface area contributed by atoms with Crippen molar-refractivity contribution >= 4 is 29.8 Å². The molecule has 1 aromatic carbocycles. The molecule has 144 valence electrons. The number of ketones is 1. The zero-order chi connectivity index (χ0) is 19.6. The minimum Gasteiger partial charge on any atom is -0.464 e. The summed E-state index contributed by atoms with van der Waals surface area (Å²) in [5, 5.41) is 22.2. The molecule has 2 atom stereocenters. The third-order valence-corrected chi connectivity index (χ3v) is 4.91. The number of Topliss-reactive ketones (excluding diaryl/α,β-unsaturated/α-hetero) is 1. The fraction of sp³-hybridized carbons (Fsp3) is 0.444. The van der Waals surface area contributed by atoms with Crippen molar-refractivity contribution in [3.63, 3.8) is 0 Å². The van der Waals surface area contributed by atoms with Crippen molar-refractivity contribution in [3.8, 4) is 0 Å². The summed E-state index contributed by atoms with van der Waals surface area (Å²) in [5.41, 5.74) is 1.23. The second kappa shape index (κ2) is 7.78. The fourth-order valence-corrected chi connectivity index (χ4v) is 3.48. The maximum absolute atomic E-state index is 13.5. The number of rotatable bonds is 6. The lowest BCUT2D eigenvalue weighted by molar-refractivity contribution is -0.144. The summed E-state index contributed by atoms with van der Waals surface area (Å²) in [4.78, 5) is 24.4. The number of hydrogen-bond acceptors (Lipinski definition) is 5. The molecule has 1 unspecified atom stereocenters. The zero-order valence-corrected chi connectivity index (χ0v) is 14.5. The quantitative estimate of drug-likeness (QED) is 0.526. The molecule has 1 aliphatic carbocycles. The zero-order valence-electron chi connectivity index (χ0n) is 14.5. The Morgan fingerprint density at radius 2 is 2.07 bits per heavy atom. The van der Waals surface area contributed by atoms with Crippen LogP contribution in [0.25, 0.3) is 11.0 Å². The third-order valence-electron chi connectivity index (χ3n) is 4.91. The van der Waals surface area contributed by atoms with Gasteiger partial charge in [0.25, 0.3) is 5.91 Å². The maximum atomic E-state index is 13.5. The molecule has 1 amide bonds. The molecule has 0 aliphatic heterocycles. The molecule has 1 heterocycles. The summed E-state index contributed by atoms with van der Waals surface area (Å²) in [7, 11) is -1.93. The largest absolute Gasteiger partial charge is 0.475 e. The van der Waals surface area contributed by atoms with E-state index < -0.39 is 43.0 Å². The molecule has 0 saturated heterocycles. The molecule has 2 aromatic rings. The summed E-state index contributed by atoms with van der Waals surface area (Å²) < 4.78 is 32.4. The summed E-state index contributed by atoms with van der Waals surface area (Å²) in [5.74, 6) is -7.21. The van der Waals surface area contributed by atoms with Crippen LogP contribution in [0, 0.1) is 5.92 Å². The first-order valence-electron chi connectivity index (χ1n) is 8.80. The molecule has 0 radical (unpaired) electrons. The van der Waals surface area contributed by atoms with Crippen molar-refractivity contribution < 1.29 is 32.8 Å². The van der Waals surface area contributed by atoms with E-state index in [1.165, 1.54) is 6.26 Å². The highest BCUT2D eigenvalue weighted by molar-refractivity contribution is 6.45. The van der Waals surface area contributed by atoms with Gasteiger partial charge in [-0.3, -0.25) is 9.59 Å². The SMILES string of the molecule is O=C(N[C@@H](Cc1coc2ccccc12)B(O)O)C(=O)C1CCCC(F)(F)C1. The van der Waals surface area contributed by atoms with Gasteiger partial charge in [0.1, 0.15) is 5.58 Å². The van der Waals surface area contributed by atoms with Crippen LogP contribution in [0.4, 0.5) is 8.78 Å². The Kier molecular flexibility index (Phi) is 5.62. The number of para-hydroxylation sites is 1. The van der Waals surface area contributed by atoms with Gasteiger partial charge in [0, 0.05) is 24.1 Å². The molecule has 1 aromatic heterocycles. The van der Waals surface area contributed by atoms with Gasteiger partial charge in [-0.25, -0.2) is 8.78 Å². The third kappa shape index (κ3) is 4.54.